The molecule has 0 aliphatic rings. The Balaban J connectivity index is 1.97. The Labute approximate surface area is 148 Å². The second-order valence-corrected chi connectivity index (χ2v) is 5.37. The van der Waals surface area contributed by atoms with E-state index in [0.717, 1.165) is 24.3 Å². The summed E-state index contributed by atoms with van der Waals surface area (Å²) >= 11 is 0. The number of rotatable bonds is 3. The Morgan fingerprint density at radius 2 is 1.48 bits per heavy atom. The maximum absolute atomic E-state index is 13.1. The molecule has 0 unspecified atom stereocenters. The largest absolute Gasteiger partial charge is 0.433 e. The fraction of sp³-hybridized carbons (Fsp3) is 0.118. The van der Waals surface area contributed by atoms with Gasteiger partial charge in [0.1, 0.15) is 11.5 Å². The number of alkyl halides is 6. The van der Waals surface area contributed by atoms with Crippen molar-refractivity contribution in [1.29, 1.82) is 0 Å². The zero-order valence-electron chi connectivity index (χ0n) is 13.3. The van der Waals surface area contributed by atoms with Crippen LogP contribution in [0.5, 0.6) is 0 Å². The molecule has 0 radical (unpaired) electrons. The molecule has 0 fully saturated rings. The van der Waals surface area contributed by atoms with Crippen LogP contribution in [0.1, 0.15) is 11.3 Å². The van der Waals surface area contributed by atoms with E-state index in [4.69, 9.17) is 0 Å². The minimum Gasteiger partial charge on any atom is -0.340 e. The number of pyridine rings is 1. The zero-order chi connectivity index (χ0) is 19.7. The van der Waals surface area contributed by atoms with Crippen molar-refractivity contribution >= 4 is 11.5 Å². The van der Waals surface area contributed by atoms with Crippen molar-refractivity contribution < 1.29 is 26.3 Å². The van der Waals surface area contributed by atoms with Crippen molar-refractivity contribution in [3.63, 3.8) is 0 Å². The summed E-state index contributed by atoms with van der Waals surface area (Å²) in [5, 5.41) is 2.56. The van der Waals surface area contributed by atoms with Gasteiger partial charge >= 0.3 is 12.4 Å². The molecule has 0 amide bonds. The van der Waals surface area contributed by atoms with Gasteiger partial charge in [0.2, 0.25) is 0 Å². The SMILES string of the molecule is FC(F)(F)c1ccc(Nc2cc(C(F)(F)F)nc(-c3ccccn3)n2)cc1. The van der Waals surface area contributed by atoms with Gasteiger partial charge in [-0.3, -0.25) is 4.98 Å². The first-order valence-corrected chi connectivity index (χ1v) is 7.45. The molecule has 1 N–H and O–H groups in total. The summed E-state index contributed by atoms with van der Waals surface area (Å²) in [6, 6.07) is 9.08. The van der Waals surface area contributed by atoms with Crippen LogP contribution < -0.4 is 5.32 Å². The van der Waals surface area contributed by atoms with Gasteiger partial charge in [0.25, 0.3) is 0 Å². The Hall–Kier alpha value is -3.17. The van der Waals surface area contributed by atoms with Gasteiger partial charge in [-0.1, -0.05) is 6.07 Å². The number of anilines is 2. The highest BCUT2D eigenvalue weighted by Crippen LogP contribution is 2.32. The molecule has 0 saturated heterocycles. The van der Waals surface area contributed by atoms with Crippen LogP contribution in [0.25, 0.3) is 11.5 Å². The first kappa shape index (κ1) is 18.6. The molecule has 0 saturated carbocycles. The molecule has 0 atom stereocenters. The van der Waals surface area contributed by atoms with Gasteiger partial charge in [-0.25, -0.2) is 9.97 Å². The van der Waals surface area contributed by atoms with Crippen molar-refractivity contribution in [1.82, 2.24) is 15.0 Å². The predicted octanol–water partition coefficient (Wildman–Crippen LogP) is 5.32. The highest BCUT2D eigenvalue weighted by molar-refractivity contribution is 5.60. The van der Waals surface area contributed by atoms with Crippen molar-refractivity contribution in [2.24, 2.45) is 0 Å². The van der Waals surface area contributed by atoms with Crippen LogP contribution in [0.4, 0.5) is 37.8 Å². The third kappa shape index (κ3) is 4.52. The number of benzene rings is 1. The van der Waals surface area contributed by atoms with E-state index in [1.165, 1.54) is 12.3 Å². The second-order valence-electron chi connectivity index (χ2n) is 5.37. The number of nitrogens with one attached hydrogen (secondary N) is 1. The topological polar surface area (TPSA) is 50.7 Å². The number of hydrogen-bond donors (Lipinski definition) is 1. The average Bonchev–Trinajstić information content (AvgIpc) is 2.61. The minimum absolute atomic E-state index is 0.124. The molecular formula is C17H10F6N4. The molecule has 3 aromatic rings. The number of halogens is 6. The summed E-state index contributed by atoms with van der Waals surface area (Å²) in [6.45, 7) is 0. The van der Waals surface area contributed by atoms with Gasteiger partial charge in [0.05, 0.1) is 5.56 Å². The highest BCUT2D eigenvalue weighted by Gasteiger charge is 2.34. The van der Waals surface area contributed by atoms with Crippen LogP contribution in [0, 0.1) is 0 Å². The summed E-state index contributed by atoms with van der Waals surface area (Å²) in [5.74, 6) is -0.488. The standard InChI is InChI=1S/C17H10F6N4/c18-16(19,20)10-4-6-11(7-5-10)25-14-9-13(17(21,22)23)26-15(27-14)12-3-1-2-8-24-12/h1-9H,(H,25,26,27). The van der Waals surface area contributed by atoms with Crippen molar-refractivity contribution in [3.8, 4) is 11.5 Å². The first-order chi connectivity index (χ1) is 12.6. The average molecular weight is 384 g/mol. The van der Waals surface area contributed by atoms with Crippen LogP contribution in [0.3, 0.4) is 0 Å². The van der Waals surface area contributed by atoms with Crippen molar-refractivity contribution in [2.75, 3.05) is 5.32 Å². The molecule has 10 heteroatoms. The molecule has 0 aliphatic carbocycles. The fourth-order valence-electron chi connectivity index (χ4n) is 2.16. The van der Waals surface area contributed by atoms with Gasteiger partial charge in [-0.15, -0.1) is 0 Å². The quantitative estimate of drug-likeness (QED) is 0.621. The van der Waals surface area contributed by atoms with Crippen LogP contribution in [-0.2, 0) is 12.4 Å². The van der Waals surface area contributed by atoms with Crippen LogP contribution in [0.2, 0.25) is 0 Å². The van der Waals surface area contributed by atoms with E-state index >= 15 is 0 Å². The monoisotopic (exact) mass is 384 g/mol. The fourth-order valence-corrected chi connectivity index (χ4v) is 2.16. The Kier molecular flexibility index (Phi) is 4.73. The lowest BCUT2D eigenvalue weighted by molar-refractivity contribution is -0.141. The molecule has 0 bridgehead atoms. The molecule has 3 rings (SSSR count). The van der Waals surface area contributed by atoms with Crippen LogP contribution in [0.15, 0.2) is 54.7 Å². The van der Waals surface area contributed by atoms with Gasteiger partial charge in [-0.2, -0.15) is 26.3 Å². The second kappa shape index (κ2) is 6.86. The van der Waals surface area contributed by atoms with Gasteiger partial charge in [0.15, 0.2) is 11.5 Å². The third-order valence-corrected chi connectivity index (χ3v) is 3.40. The summed E-state index contributed by atoms with van der Waals surface area (Å²) in [5.41, 5.74) is -1.81. The Morgan fingerprint density at radius 1 is 0.778 bits per heavy atom. The lowest BCUT2D eigenvalue weighted by atomic mass is 10.2. The Morgan fingerprint density at radius 3 is 2.04 bits per heavy atom. The molecular weight excluding hydrogens is 374 g/mol. The highest BCUT2D eigenvalue weighted by atomic mass is 19.4. The molecule has 0 spiro atoms. The van der Waals surface area contributed by atoms with Gasteiger partial charge in [-0.05, 0) is 36.4 Å². The first-order valence-electron chi connectivity index (χ1n) is 7.45. The molecule has 1 aromatic carbocycles. The van der Waals surface area contributed by atoms with Crippen LogP contribution >= 0.6 is 0 Å². The van der Waals surface area contributed by atoms with E-state index in [1.807, 2.05) is 0 Å². The summed E-state index contributed by atoms with van der Waals surface area (Å²) < 4.78 is 77.2. The predicted molar refractivity (Wildman–Crippen MR) is 85.0 cm³/mol. The maximum Gasteiger partial charge on any atom is 0.433 e. The molecule has 27 heavy (non-hydrogen) atoms. The number of aromatic nitrogens is 3. The lowest BCUT2D eigenvalue weighted by Crippen LogP contribution is -2.11. The Bertz CT molecular complexity index is 921. The van der Waals surface area contributed by atoms with E-state index in [9.17, 15) is 26.3 Å². The normalized spacial score (nSPS) is 12.1. The van der Waals surface area contributed by atoms with Crippen molar-refractivity contribution in [2.45, 2.75) is 12.4 Å². The van der Waals surface area contributed by atoms with E-state index < -0.39 is 23.6 Å². The van der Waals surface area contributed by atoms with Crippen LogP contribution in [-0.4, -0.2) is 15.0 Å². The zero-order valence-corrected chi connectivity index (χ0v) is 13.3. The summed E-state index contributed by atoms with van der Waals surface area (Å²) in [6.07, 6.45) is -7.87. The van der Waals surface area contributed by atoms with E-state index in [2.05, 4.69) is 20.3 Å². The van der Waals surface area contributed by atoms with Gasteiger partial charge in [0, 0.05) is 18.0 Å². The number of hydrogen-bond acceptors (Lipinski definition) is 4. The van der Waals surface area contributed by atoms with E-state index in [0.29, 0.717) is 6.07 Å². The number of nitrogens with zero attached hydrogens (tertiary/aromatic N) is 3. The minimum atomic E-state index is -4.73. The summed E-state index contributed by atoms with van der Waals surface area (Å²) in [7, 11) is 0. The molecule has 140 valence electrons. The maximum atomic E-state index is 13.1. The lowest BCUT2D eigenvalue weighted by Gasteiger charge is -2.12. The molecule has 2 heterocycles. The molecule has 4 nitrogen and oxygen atoms in total. The van der Waals surface area contributed by atoms with Crippen molar-refractivity contribution in [3.05, 3.63) is 66.0 Å². The smallest absolute Gasteiger partial charge is 0.340 e. The van der Waals surface area contributed by atoms with Gasteiger partial charge < -0.3 is 5.32 Å². The third-order valence-electron chi connectivity index (χ3n) is 3.40. The summed E-state index contributed by atoms with van der Waals surface area (Å²) in [4.78, 5) is 11.4. The van der Waals surface area contributed by atoms with E-state index in [1.54, 1.807) is 12.1 Å². The van der Waals surface area contributed by atoms with E-state index in [-0.39, 0.29) is 23.0 Å². The molecule has 2 aromatic heterocycles. The molecule has 0 aliphatic heterocycles.